The molecule has 0 saturated heterocycles. The van der Waals surface area contributed by atoms with E-state index in [1.54, 1.807) is 36.4 Å². The molecule has 0 spiro atoms. The number of hydrogen-bond donors (Lipinski definition) is 0. The van der Waals surface area contributed by atoms with Crippen LogP contribution in [0.2, 0.25) is 0 Å². The lowest BCUT2D eigenvalue weighted by Crippen LogP contribution is -2.14. The van der Waals surface area contributed by atoms with E-state index in [4.69, 9.17) is 8.83 Å². The van der Waals surface area contributed by atoms with Crippen molar-refractivity contribution in [2.45, 2.75) is 20.8 Å². The van der Waals surface area contributed by atoms with Gasteiger partial charge in [0.05, 0.1) is 27.3 Å². The van der Waals surface area contributed by atoms with Crippen molar-refractivity contribution in [1.82, 2.24) is 0 Å². The van der Waals surface area contributed by atoms with E-state index in [-0.39, 0.29) is 44.1 Å². The molecule has 6 nitrogen and oxygen atoms in total. The second-order valence-electron chi connectivity index (χ2n) is 8.07. The van der Waals surface area contributed by atoms with Gasteiger partial charge in [0.2, 0.25) is 10.9 Å². The second kappa shape index (κ2) is 7.38. The summed E-state index contributed by atoms with van der Waals surface area (Å²) in [6.07, 6.45) is 1.25. The molecule has 5 rings (SSSR count). The molecule has 0 fully saturated rings. The summed E-state index contributed by atoms with van der Waals surface area (Å²) in [5.41, 5.74) is 1.10. The van der Waals surface area contributed by atoms with Crippen LogP contribution in [0.1, 0.15) is 40.1 Å². The van der Waals surface area contributed by atoms with E-state index >= 15 is 0 Å². The summed E-state index contributed by atoms with van der Waals surface area (Å²) in [6, 6.07) is 13.3. The van der Waals surface area contributed by atoms with Crippen LogP contribution in [0.25, 0.3) is 44.0 Å². The zero-order chi connectivity index (χ0) is 23.4. The molecule has 0 unspecified atom stereocenters. The molecule has 33 heavy (non-hydrogen) atoms. The Balaban J connectivity index is 2.02. The highest BCUT2D eigenvalue weighted by Crippen LogP contribution is 2.35. The minimum absolute atomic E-state index is 0.000133. The maximum absolute atomic E-state index is 13.5. The zero-order valence-electron chi connectivity index (χ0n) is 18.1. The van der Waals surface area contributed by atoms with Gasteiger partial charge >= 0.3 is 0 Å². The highest BCUT2D eigenvalue weighted by Gasteiger charge is 2.26. The van der Waals surface area contributed by atoms with Crippen LogP contribution in [-0.2, 0) is 0 Å². The van der Waals surface area contributed by atoms with Gasteiger partial charge in [0.1, 0.15) is 23.0 Å². The Morgan fingerprint density at radius 1 is 0.788 bits per heavy atom. The van der Waals surface area contributed by atoms with Gasteiger partial charge in [-0.2, -0.15) is 0 Å². The predicted molar refractivity (Wildman–Crippen MR) is 126 cm³/mol. The summed E-state index contributed by atoms with van der Waals surface area (Å²) in [5.74, 6) is -0.842. The molecule has 2 heterocycles. The third-order valence-corrected chi connectivity index (χ3v) is 5.80. The van der Waals surface area contributed by atoms with Crippen molar-refractivity contribution in [2.75, 3.05) is 0 Å². The van der Waals surface area contributed by atoms with Crippen LogP contribution < -0.4 is 10.9 Å². The summed E-state index contributed by atoms with van der Waals surface area (Å²) in [7, 11) is 0. The molecule has 3 aromatic carbocycles. The van der Waals surface area contributed by atoms with E-state index < -0.39 is 11.6 Å². The topological polar surface area (TPSA) is 94.6 Å². The first-order chi connectivity index (χ1) is 15.8. The number of carbonyl (C=O) groups is 2. The van der Waals surface area contributed by atoms with E-state index in [1.165, 1.54) is 26.2 Å². The molecule has 162 valence electrons. The van der Waals surface area contributed by atoms with Crippen molar-refractivity contribution in [3.63, 3.8) is 0 Å². The average Bonchev–Trinajstić information content (AvgIpc) is 2.78. The highest BCUT2D eigenvalue weighted by molar-refractivity contribution is 6.17. The van der Waals surface area contributed by atoms with Crippen LogP contribution in [0.15, 0.2) is 73.2 Å². The third-order valence-electron chi connectivity index (χ3n) is 5.80. The quantitative estimate of drug-likeness (QED) is 0.275. The molecule has 0 bridgehead atoms. The van der Waals surface area contributed by atoms with Crippen LogP contribution in [-0.4, -0.2) is 11.6 Å². The van der Waals surface area contributed by atoms with Crippen LogP contribution in [0.5, 0.6) is 0 Å². The van der Waals surface area contributed by atoms with Crippen LogP contribution in [0.4, 0.5) is 0 Å². The summed E-state index contributed by atoms with van der Waals surface area (Å²) in [5, 5.41) is 0.771. The fourth-order valence-electron chi connectivity index (χ4n) is 4.25. The van der Waals surface area contributed by atoms with Gasteiger partial charge in [0, 0.05) is 11.1 Å². The van der Waals surface area contributed by atoms with E-state index in [2.05, 4.69) is 0 Å². The molecular formula is C27H18O6. The molecular weight excluding hydrogens is 420 g/mol. The maximum atomic E-state index is 13.5. The number of para-hydroxylation sites is 1. The van der Waals surface area contributed by atoms with Crippen molar-refractivity contribution in [3.05, 3.63) is 91.9 Å². The summed E-state index contributed by atoms with van der Waals surface area (Å²) in [6.45, 7) is 4.48. The lowest BCUT2D eigenvalue weighted by atomic mass is 9.88. The number of Topliss-reactive ketones (excluding diaryl/α,β-unsaturated/α-hetero) is 2. The van der Waals surface area contributed by atoms with E-state index in [1.807, 2.05) is 13.0 Å². The molecule has 2 aromatic heterocycles. The SMILES string of the molecule is CC(=O)c1cc2c(=O)c3ccccc3oc2c(C(C)=O)c1-c1coc2ccc(C)cc2c1=O. The lowest BCUT2D eigenvalue weighted by Gasteiger charge is -2.15. The first-order valence-electron chi connectivity index (χ1n) is 10.3. The molecule has 6 heteroatoms. The van der Waals surface area contributed by atoms with Crippen molar-refractivity contribution in [2.24, 2.45) is 0 Å². The first kappa shape index (κ1) is 20.6. The fourth-order valence-corrected chi connectivity index (χ4v) is 4.25. The van der Waals surface area contributed by atoms with Gasteiger partial charge in [-0.15, -0.1) is 0 Å². The second-order valence-corrected chi connectivity index (χ2v) is 8.07. The Hall–Kier alpha value is -4.32. The van der Waals surface area contributed by atoms with Crippen LogP contribution in [0, 0.1) is 6.92 Å². The van der Waals surface area contributed by atoms with Crippen molar-refractivity contribution >= 4 is 44.5 Å². The Morgan fingerprint density at radius 3 is 2.27 bits per heavy atom. The van der Waals surface area contributed by atoms with Gasteiger partial charge in [-0.3, -0.25) is 19.2 Å². The molecule has 0 saturated carbocycles. The van der Waals surface area contributed by atoms with Crippen molar-refractivity contribution < 1.29 is 18.4 Å². The molecule has 0 aliphatic rings. The van der Waals surface area contributed by atoms with Crippen molar-refractivity contribution in [3.8, 4) is 11.1 Å². The standard InChI is InChI=1S/C27H18O6/c1-13-8-9-21-18(10-13)26(31)20(12-32-21)24-17(14(2)28)11-19-25(30)16-6-4-5-7-22(16)33-27(19)23(24)15(3)29/h4-12H,1-3H3. The molecule has 0 radical (unpaired) electrons. The smallest absolute Gasteiger partial charge is 0.200 e. The number of rotatable bonds is 3. The number of carbonyl (C=O) groups excluding carboxylic acids is 2. The molecule has 0 aliphatic carbocycles. The average molecular weight is 438 g/mol. The Morgan fingerprint density at radius 2 is 1.55 bits per heavy atom. The Kier molecular flexibility index (Phi) is 4.60. The fraction of sp³-hybridized carbons (Fsp3) is 0.111. The molecule has 0 atom stereocenters. The normalized spacial score (nSPS) is 11.4. The predicted octanol–water partition coefficient (Wildman–Crippen LogP) is 5.43. The molecule has 0 amide bonds. The van der Waals surface area contributed by atoms with E-state index in [0.29, 0.717) is 21.9 Å². The third kappa shape index (κ3) is 3.10. The van der Waals surface area contributed by atoms with Crippen LogP contribution >= 0.6 is 0 Å². The minimum Gasteiger partial charge on any atom is -0.463 e. The molecule has 5 aromatic rings. The Labute approximate surface area is 187 Å². The number of hydrogen-bond acceptors (Lipinski definition) is 6. The van der Waals surface area contributed by atoms with Gasteiger partial charge in [0.15, 0.2) is 11.6 Å². The Bertz CT molecular complexity index is 1770. The van der Waals surface area contributed by atoms with Gasteiger partial charge in [0.25, 0.3) is 0 Å². The minimum atomic E-state index is -0.444. The summed E-state index contributed by atoms with van der Waals surface area (Å²) < 4.78 is 11.7. The number of benzene rings is 3. The highest BCUT2D eigenvalue weighted by atomic mass is 16.3. The number of fused-ring (bicyclic) bond motifs is 3. The lowest BCUT2D eigenvalue weighted by molar-refractivity contribution is 0.101. The maximum Gasteiger partial charge on any atom is 0.200 e. The van der Waals surface area contributed by atoms with E-state index in [9.17, 15) is 19.2 Å². The molecule has 0 aliphatic heterocycles. The largest absolute Gasteiger partial charge is 0.463 e. The monoisotopic (exact) mass is 438 g/mol. The van der Waals surface area contributed by atoms with Gasteiger partial charge in [-0.05, 0) is 51.1 Å². The summed E-state index contributed by atoms with van der Waals surface area (Å²) in [4.78, 5) is 52.3. The number of ketones is 2. The molecule has 0 N–H and O–H groups in total. The zero-order valence-corrected chi connectivity index (χ0v) is 18.1. The van der Waals surface area contributed by atoms with Gasteiger partial charge in [-0.25, -0.2) is 0 Å². The number of aryl methyl sites for hydroxylation is 1. The first-order valence-corrected chi connectivity index (χ1v) is 10.3. The van der Waals surface area contributed by atoms with Crippen LogP contribution in [0.3, 0.4) is 0 Å². The van der Waals surface area contributed by atoms with E-state index in [0.717, 1.165) is 5.56 Å². The van der Waals surface area contributed by atoms with Crippen molar-refractivity contribution in [1.29, 1.82) is 0 Å². The van der Waals surface area contributed by atoms with Gasteiger partial charge < -0.3 is 8.83 Å². The summed E-state index contributed by atoms with van der Waals surface area (Å²) >= 11 is 0. The van der Waals surface area contributed by atoms with Gasteiger partial charge in [-0.1, -0.05) is 23.8 Å².